The molecule has 0 unspecified atom stereocenters. The second-order valence-electron chi connectivity index (χ2n) is 9.39. The predicted molar refractivity (Wildman–Crippen MR) is 136 cm³/mol. The number of nitrogens with zero attached hydrogens (tertiary/aromatic N) is 5. The summed E-state index contributed by atoms with van der Waals surface area (Å²) in [6, 6.07) is 10.4. The SMILES string of the molecule is CC#Cc1cc(-c2ccn3nc(Nc4cc(C)nc(C)n4)cc3c2)c(OC[C@]23CN[C@H](CO2)C3)cn1. The van der Waals surface area contributed by atoms with E-state index in [-0.39, 0.29) is 5.60 Å². The maximum atomic E-state index is 6.32. The van der Waals surface area contributed by atoms with E-state index in [1.54, 1.807) is 13.1 Å². The number of hydrogen-bond donors (Lipinski definition) is 2. The van der Waals surface area contributed by atoms with Gasteiger partial charge < -0.3 is 20.1 Å². The van der Waals surface area contributed by atoms with Crippen LogP contribution in [0.3, 0.4) is 0 Å². The first-order valence-corrected chi connectivity index (χ1v) is 12.0. The van der Waals surface area contributed by atoms with Gasteiger partial charge >= 0.3 is 0 Å². The van der Waals surface area contributed by atoms with E-state index in [4.69, 9.17) is 9.47 Å². The molecule has 9 heteroatoms. The minimum absolute atomic E-state index is 0.266. The van der Waals surface area contributed by atoms with Gasteiger partial charge in [0.15, 0.2) is 5.82 Å². The molecule has 0 radical (unpaired) electrons. The van der Waals surface area contributed by atoms with Crippen LogP contribution in [0.1, 0.15) is 30.6 Å². The fraction of sp³-hybridized carbons (Fsp3) is 0.333. The Balaban J connectivity index is 1.31. The molecule has 2 fully saturated rings. The molecule has 9 nitrogen and oxygen atoms in total. The molecule has 0 amide bonds. The molecule has 182 valence electrons. The van der Waals surface area contributed by atoms with Crippen molar-refractivity contribution in [1.82, 2.24) is 29.9 Å². The highest BCUT2D eigenvalue weighted by Crippen LogP contribution is 2.35. The van der Waals surface area contributed by atoms with Crippen LogP contribution in [0, 0.1) is 25.7 Å². The largest absolute Gasteiger partial charge is 0.488 e. The normalized spacial score (nSPS) is 20.4. The van der Waals surface area contributed by atoms with E-state index in [1.807, 2.05) is 48.8 Å². The number of aryl methyl sites for hydroxylation is 2. The van der Waals surface area contributed by atoms with Crippen LogP contribution in [0.15, 0.2) is 42.7 Å². The monoisotopic (exact) mass is 481 g/mol. The summed E-state index contributed by atoms with van der Waals surface area (Å²) in [5.41, 5.74) is 4.19. The Labute approximate surface area is 209 Å². The zero-order valence-corrected chi connectivity index (χ0v) is 20.5. The molecule has 0 saturated carbocycles. The predicted octanol–water partition coefficient (Wildman–Crippen LogP) is 3.43. The number of rotatable bonds is 6. The van der Waals surface area contributed by atoms with Gasteiger partial charge in [-0.3, -0.25) is 0 Å². The highest BCUT2D eigenvalue weighted by atomic mass is 16.6. The minimum Gasteiger partial charge on any atom is -0.488 e. The number of morpholine rings is 1. The molecule has 2 saturated heterocycles. The van der Waals surface area contributed by atoms with Gasteiger partial charge in [-0.15, -0.1) is 0 Å². The molecule has 0 aliphatic carbocycles. The molecule has 36 heavy (non-hydrogen) atoms. The molecule has 6 rings (SSSR count). The van der Waals surface area contributed by atoms with Crippen LogP contribution >= 0.6 is 0 Å². The Morgan fingerprint density at radius 2 is 2.14 bits per heavy atom. The number of pyridine rings is 2. The number of fused-ring (bicyclic) bond motifs is 3. The highest BCUT2D eigenvalue weighted by Gasteiger charge is 2.47. The summed E-state index contributed by atoms with van der Waals surface area (Å²) in [5.74, 6) is 8.82. The molecule has 4 aromatic rings. The summed E-state index contributed by atoms with van der Waals surface area (Å²) < 4.78 is 14.2. The third-order valence-electron chi connectivity index (χ3n) is 6.53. The van der Waals surface area contributed by atoms with Crippen LogP contribution in [-0.2, 0) is 4.74 Å². The topological polar surface area (TPSA) is 98.5 Å². The third-order valence-corrected chi connectivity index (χ3v) is 6.53. The van der Waals surface area contributed by atoms with Crippen LogP contribution in [0.4, 0.5) is 11.6 Å². The van der Waals surface area contributed by atoms with Gasteiger partial charge in [0.2, 0.25) is 0 Å². The van der Waals surface area contributed by atoms with Crippen molar-refractivity contribution in [1.29, 1.82) is 0 Å². The van der Waals surface area contributed by atoms with Crippen molar-refractivity contribution in [2.75, 3.05) is 25.1 Å². The molecular formula is C27H27N7O2. The van der Waals surface area contributed by atoms with Gasteiger partial charge in [0.1, 0.15) is 35.3 Å². The lowest BCUT2D eigenvalue weighted by atomic mass is 10.0. The van der Waals surface area contributed by atoms with Crippen molar-refractivity contribution < 1.29 is 9.47 Å². The summed E-state index contributed by atoms with van der Waals surface area (Å²) >= 11 is 0. The Hall–Kier alpha value is -4.00. The number of hydrogen-bond acceptors (Lipinski definition) is 8. The van der Waals surface area contributed by atoms with E-state index >= 15 is 0 Å². The summed E-state index contributed by atoms with van der Waals surface area (Å²) in [4.78, 5) is 13.3. The summed E-state index contributed by atoms with van der Waals surface area (Å²) in [5, 5.41) is 11.4. The van der Waals surface area contributed by atoms with Gasteiger partial charge in [-0.05, 0) is 56.9 Å². The lowest BCUT2D eigenvalue weighted by Crippen LogP contribution is -2.43. The van der Waals surface area contributed by atoms with E-state index in [1.165, 1.54) is 0 Å². The standard InChI is InChI=1S/C27H27N7O2/c1-4-5-20-10-23(24(13-28-20)35-16-27-12-21(14-36-27)29-15-27)19-6-7-34-22(9-19)11-26(33-34)32-25-8-17(2)30-18(3)31-25/h6-11,13,21,29H,12,14-16H2,1-3H3,(H,30,31,32,33)/t21-,27-/m0/s1. The average Bonchev–Trinajstić information content (AvgIpc) is 3.56. The molecule has 2 bridgehead atoms. The lowest BCUT2D eigenvalue weighted by Gasteiger charge is -2.27. The van der Waals surface area contributed by atoms with E-state index in [0.29, 0.717) is 41.6 Å². The van der Waals surface area contributed by atoms with Crippen LogP contribution in [0.25, 0.3) is 16.6 Å². The molecular weight excluding hydrogens is 454 g/mol. The van der Waals surface area contributed by atoms with Crippen molar-refractivity contribution in [2.24, 2.45) is 0 Å². The van der Waals surface area contributed by atoms with E-state index in [2.05, 4.69) is 48.6 Å². The van der Waals surface area contributed by atoms with Gasteiger partial charge in [0, 0.05) is 42.2 Å². The lowest BCUT2D eigenvalue weighted by molar-refractivity contribution is -0.0363. The van der Waals surface area contributed by atoms with Gasteiger partial charge in [-0.25, -0.2) is 19.5 Å². The van der Waals surface area contributed by atoms with Crippen molar-refractivity contribution in [3.8, 4) is 28.7 Å². The van der Waals surface area contributed by atoms with Gasteiger partial charge in [0.25, 0.3) is 0 Å². The van der Waals surface area contributed by atoms with Gasteiger partial charge in [-0.1, -0.05) is 5.92 Å². The van der Waals surface area contributed by atoms with Crippen LogP contribution in [0.5, 0.6) is 5.75 Å². The first kappa shape index (κ1) is 22.5. The molecule has 0 spiro atoms. The fourth-order valence-corrected chi connectivity index (χ4v) is 4.90. The van der Waals surface area contributed by atoms with Crippen molar-refractivity contribution in [3.63, 3.8) is 0 Å². The Morgan fingerprint density at radius 3 is 2.89 bits per heavy atom. The van der Waals surface area contributed by atoms with Crippen molar-refractivity contribution >= 4 is 17.2 Å². The van der Waals surface area contributed by atoms with Crippen molar-refractivity contribution in [2.45, 2.75) is 38.8 Å². The molecule has 4 aromatic heterocycles. The average molecular weight is 482 g/mol. The summed E-state index contributed by atoms with van der Waals surface area (Å²) in [6.07, 6.45) is 4.66. The highest BCUT2D eigenvalue weighted by molar-refractivity contribution is 5.75. The number of anilines is 2. The molecule has 2 N–H and O–H groups in total. The quantitative estimate of drug-likeness (QED) is 0.404. The van der Waals surface area contributed by atoms with E-state index in [9.17, 15) is 0 Å². The number of nitrogens with one attached hydrogen (secondary N) is 2. The Bertz CT molecular complexity index is 1490. The molecule has 6 heterocycles. The molecule has 0 aromatic carbocycles. The first-order valence-electron chi connectivity index (χ1n) is 12.0. The van der Waals surface area contributed by atoms with Crippen LogP contribution < -0.4 is 15.4 Å². The van der Waals surface area contributed by atoms with Gasteiger partial charge in [0.05, 0.1) is 18.3 Å². The first-order chi connectivity index (χ1) is 17.5. The second-order valence-corrected chi connectivity index (χ2v) is 9.39. The van der Waals surface area contributed by atoms with Gasteiger partial charge in [-0.2, -0.15) is 5.10 Å². The van der Waals surface area contributed by atoms with E-state index in [0.717, 1.165) is 41.9 Å². The molecule has 2 aliphatic rings. The molecule has 2 atom stereocenters. The second kappa shape index (κ2) is 8.90. The minimum atomic E-state index is -0.266. The summed E-state index contributed by atoms with van der Waals surface area (Å²) in [7, 11) is 0. The Morgan fingerprint density at radius 1 is 1.22 bits per heavy atom. The zero-order valence-electron chi connectivity index (χ0n) is 20.5. The number of aromatic nitrogens is 5. The zero-order chi connectivity index (χ0) is 24.7. The maximum absolute atomic E-state index is 6.32. The maximum Gasteiger partial charge on any atom is 0.154 e. The van der Waals surface area contributed by atoms with Crippen molar-refractivity contribution in [3.05, 3.63) is 59.9 Å². The smallest absolute Gasteiger partial charge is 0.154 e. The fourth-order valence-electron chi connectivity index (χ4n) is 4.90. The third kappa shape index (κ3) is 4.37. The van der Waals surface area contributed by atoms with Crippen LogP contribution in [-0.4, -0.2) is 56.0 Å². The molecule has 2 aliphatic heterocycles. The Kier molecular flexibility index (Phi) is 5.55. The van der Waals surface area contributed by atoms with Crippen LogP contribution in [0.2, 0.25) is 0 Å². The number of ether oxygens (including phenoxy) is 2. The summed E-state index contributed by atoms with van der Waals surface area (Å²) in [6.45, 7) is 7.65. The van der Waals surface area contributed by atoms with E-state index < -0.39 is 0 Å².